The molecule has 1 aliphatic carbocycles. The van der Waals surface area contributed by atoms with Crippen LogP contribution < -0.4 is 0 Å². The van der Waals surface area contributed by atoms with Crippen molar-refractivity contribution in [2.45, 2.75) is 25.7 Å². The molecule has 18 heavy (non-hydrogen) atoms. The van der Waals surface area contributed by atoms with Gasteiger partial charge in [0, 0.05) is 34.7 Å². The number of hydrogen-bond donors (Lipinski definition) is 1. The summed E-state index contributed by atoms with van der Waals surface area (Å²) in [5.41, 5.74) is 0.903. The molecule has 0 spiro atoms. The van der Waals surface area contributed by atoms with Crippen LogP contribution in [0.5, 0.6) is 0 Å². The molecule has 0 saturated heterocycles. The summed E-state index contributed by atoms with van der Waals surface area (Å²) >= 11 is 0. The maximum absolute atomic E-state index is 12.0. The molecule has 1 saturated carbocycles. The normalized spacial score (nSPS) is 18.2. The summed E-state index contributed by atoms with van der Waals surface area (Å²) < 4.78 is 12.0. The van der Waals surface area contributed by atoms with Gasteiger partial charge in [-0.2, -0.15) is 0 Å². The Kier molecular flexibility index (Phi) is 4.11. The van der Waals surface area contributed by atoms with Crippen molar-refractivity contribution < 1.29 is 14.1 Å². The van der Waals surface area contributed by atoms with Crippen LogP contribution in [-0.2, 0) is 22.0 Å². The van der Waals surface area contributed by atoms with Gasteiger partial charge in [0.15, 0.2) is 0 Å². The molecule has 0 radical (unpaired) electrons. The summed E-state index contributed by atoms with van der Waals surface area (Å²) in [7, 11) is -0.935. The first kappa shape index (κ1) is 13.2. The molecule has 0 aliphatic heterocycles. The number of rotatable bonds is 7. The van der Waals surface area contributed by atoms with Crippen LogP contribution in [0.3, 0.4) is 0 Å². The number of carbonyl (C=O) groups is 1. The quantitative estimate of drug-likeness (QED) is 0.815. The van der Waals surface area contributed by atoms with Crippen molar-refractivity contribution in [2.75, 3.05) is 11.5 Å². The molecule has 1 unspecified atom stereocenters. The molecule has 0 bridgehead atoms. The molecule has 1 aliphatic rings. The van der Waals surface area contributed by atoms with Crippen LogP contribution in [0.4, 0.5) is 0 Å². The Morgan fingerprint density at radius 1 is 1.50 bits per heavy atom. The van der Waals surface area contributed by atoms with E-state index in [4.69, 9.17) is 5.11 Å². The second-order valence-electron chi connectivity index (χ2n) is 4.97. The summed E-state index contributed by atoms with van der Waals surface area (Å²) in [6.07, 6.45) is 6.19. The molecule has 1 aromatic rings. The zero-order valence-electron chi connectivity index (χ0n) is 10.2. The third kappa shape index (κ3) is 3.91. The Morgan fingerprint density at radius 3 is 2.83 bits per heavy atom. The number of hydrogen-bond acceptors (Lipinski definition) is 3. The number of carboxylic acid groups (broad SMARTS) is 1. The van der Waals surface area contributed by atoms with Crippen LogP contribution in [0, 0.1) is 5.41 Å². The highest BCUT2D eigenvalue weighted by atomic mass is 32.2. The first-order valence-corrected chi connectivity index (χ1v) is 7.54. The van der Waals surface area contributed by atoms with Crippen molar-refractivity contribution in [1.29, 1.82) is 0 Å². The summed E-state index contributed by atoms with van der Waals surface area (Å²) in [6.45, 7) is 0. The van der Waals surface area contributed by atoms with E-state index in [1.54, 1.807) is 12.4 Å². The first-order valence-electron chi connectivity index (χ1n) is 6.05. The smallest absolute Gasteiger partial charge is 0.303 e. The maximum atomic E-state index is 12.0. The molecule has 1 atom stereocenters. The fourth-order valence-corrected chi connectivity index (χ4v) is 3.74. The van der Waals surface area contributed by atoms with Gasteiger partial charge in [-0.1, -0.05) is 6.07 Å². The average Bonchev–Trinajstić information content (AvgIpc) is 3.06. The zero-order valence-corrected chi connectivity index (χ0v) is 11.0. The predicted octanol–water partition coefficient (Wildman–Crippen LogP) is 1.63. The minimum atomic E-state index is -0.935. The Hall–Kier alpha value is -1.23. The highest BCUT2D eigenvalue weighted by Crippen LogP contribution is 2.49. The molecule has 0 amide bonds. The number of aryl methyl sites for hydroxylation is 1. The summed E-state index contributed by atoms with van der Waals surface area (Å²) in [5, 5.41) is 8.80. The highest BCUT2D eigenvalue weighted by Gasteiger charge is 2.45. The number of pyridine rings is 1. The van der Waals surface area contributed by atoms with Crippen LogP contribution >= 0.6 is 0 Å². The lowest BCUT2D eigenvalue weighted by Gasteiger charge is -2.11. The third-order valence-electron chi connectivity index (χ3n) is 3.29. The molecule has 4 nitrogen and oxygen atoms in total. The lowest BCUT2D eigenvalue weighted by molar-refractivity contribution is -0.138. The largest absolute Gasteiger partial charge is 0.481 e. The van der Waals surface area contributed by atoms with Crippen molar-refractivity contribution in [3.05, 3.63) is 30.1 Å². The SMILES string of the molecule is O=C(O)CC1(CS(=O)CCc2cccnc2)CC1. The zero-order chi connectivity index (χ0) is 13.0. The average molecular weight is 267 g/mol. The molecule has 2 rings (SSSR count). The van der Waals surface area contributed by atoms with Gasteiger partial charge in [0.05, 0.1) is 6.42 Å². The van der Waals surface area contributed by atoms with Crippen LogP contribution in [0.2, 0.25) is 0 Å². The van der Waals surface area contributed by atoms with Gasteiger partial charge in [-0.15, -0.1) is 0 Å². The molecule has 5 heteroatoms. The van der Waals surface area contributed by atoms with Gasteiger partial charge in [-0.3, -0.25) is 14.0 Å². The first-order chi connectivity index (χ1) is 8.60. The lowest BCUT2D eigenvalue weighted by atomic mass is 10.1. The van der Waals surface area contributed by atoms with Crippen molar-refractivity contribution in [2.24, 2.45) is 5.41 Å². The van der Waals surface area contributed by atoms with E-state index in [9.17, 15) is 9.00 Å². The third-order valence-corrected chi connectivity index (χ3v) is 4.89. The van der Waals surface area contributed by atoms with Gasteiger partial charge < -0.3 is 5.11 Å². The molecular formula is C13H17NO3S. The van der Waals surface area contributed by atoms with Crippen molar-refractivity contribution in [3.63, 3.8) is 0 Å². The van der Waals surface area contributed by atoms with Crippen molar-refractivity contribution in [3.8, 4) is 0 Å². The summed E-state index contributed by atoms with van der Waals surface area (Å²) in [6, 6.07) is 3.83. The van der Waals surface area contributed by atoms with Gasteiger partial charge in [0.2, 0.25) is 0 Å². The van der Waals surface area contributed by atoms with Gasteiger partial charge in [0.1, 0.15) is 0 Å². The lowest BCUT2D eigenvalue weighted by Crippen LogP contribution is -2.18. The molecule has 0 aromatic carbocycles. The highest BCUT2D eigenvalue weighted by molar-refractivity contribution is 7.85. The van der Waals surface area contributed by atoms with E-state index in [1.807, 2.05) is 12.1 Å². The maximum Gasteiger partial charge on any atom is 0.303 e. The minimum Gasteiger partial charge on any atom is -0.481 e. The molecule has 1 fully saturated rings. The van der Waals surface area contributed by atoms with Gasteiger partial charge in [-0.25, -0.2) is 0 Å². The van der Waals surface area contributed by atoms with Crippen LogP contribution in [0.15, 0.2) is 24.5 Å². The topological polar surface area (TPSA) is 67.3 Å². The second kappa shape index (κ2) is 5.61. The number of carboxylic acids is 1. The predicted molar refractivity (Wildman–Crippen MR) is 69.7 cm³/mol. The van der Waals surface area contributed by atoms with Gasteiger partial charge in [0.25, 0.3) is 0 Å². The van der Waals surface area contributed by atoms with E-state index >= 15 is 0 Å². The fourth-order valence-electron chi connectivity index (χ4n) is 2.06. The van der Waals surface area contributed by atoms with Gasteiger partial charge in [-0.05, 0) is 36.3 Å². The van der Waals surface area contributed by atoms with Gasteiger partial charge >= 0.3 is 5.97 Å². The van der Waals surface area contributed by atoms with Crippen molar-refractivity contribution in [1.82, 2.24) is 4.98 Å². The Labute approximate surface area is 109 Å². The Bertz CT molecular complexity index is 443. The number of nitrogens with zero attached hydrogens (tertiary/aromatic N) is 1. The summed E-state index contributed by atoms with van der Waals surface area (Å²) in [5.74, 6) is 0.337. The van der Waals surface area contributed by atoms with E-state index in [1.165, 1.54) is 0 Å². The summed E-state index contributed by atoms with van der Waals surface area (Å²) in [4.78, 5) is 14.7. The van der Waals surface area contributed by atoms with E-state index < -0.39 is 16.8 Å². The molecule has 98 valence electrons. The monoisotopic (exact) mass is 267 g/mol. The van der Waals surface area contributed by atoms with Crippen LogP contribution in [-0.4, -0.2) is 31.8 Å². The van der Waals surface area contributed by atoms with E-state index in [0.29, 0.717) is 11.5 Å². The number of aromatic nitrogens is 1. The van der Waals surface area contributed by atoms with Crippen LogP contribution in [0.1, 0.15) is 24.8 Å². The molecule has 1 N–H and O–H groups in total. The molecule has 1 aromatic heterocycles. The van der Waals surface area contributed by atoms with Crippen molar-refractivity contribution >= 4 is 16.8 Å². The van der Waals surface area contributed by atoms with E-state index in [0.717, 1.165) is 24.8 Å². The fraction of sp³-hybridized carbons (Fsp3) is 0.538. The van der Waals surface area contributed by atoms with E-state index in [-0.39, 0.29) is 11.8 Å². The van der Waals surface area contributed by atoms with E-state index in [2.05, 4.69) is 4.98 Å². The standard InChI is InChI=1S/C13H17NO3S/c15-12(16)8-13(4-5-13)10-18(17)7-3-11-2-1-6-14-9-11/h1-2,6,9H,3-5,7-8,10H2,(H,15,16). The second-order valence-corrected chi connectivity index (χ2v) is 6.55. The Balaban J connectivity index is 1.78. The van der Waals surface area contributed by atoms with Crippen LogP contribution in [0.25, 0.3) is 0 Å². The minimum absolute atomic E-state index is 0.158. The molecular weight excluding hydrogens is 250 g/mol. The number of aliphatic carboxylic acids is 1. The Morgan fingerprint density at radius 2 is 2.28 bits per heavy atom. The molecule has 1 heterocycles.